The van der Waals surface area contributed by atoms with Crippen LogP contribution in [0, 0.1) is 0 Å². The Labute approximate surface area is 85.4 Å². The molecule has 68 valence electrons. The first-order chi connectivity index (χ1) is 6.42. The van der Waals surface area contributed by atoms with Gasteiger partial charge in [-0.05, 0) is 6.07 Å². The molecule has 1 aromatic carbocycles. The van der Waals surface area contributed by atoms with Gasteiger partial charge in [0.1, 0.15) is 0 Å². The average Bonchev–Trinajstić information content (AvgIpc) is 2.58. The molecular weight excluding hydrogens is 200 g/mol. The minimum Gasteiger partial charge on any atom is -0.396 e. The van der Waals surface area contributed by atoms with E-state index in [2.05, 4.69) is 29.6 Å². The highest BCUT2D eigenvalue weighted by molar-refractivity contribution is 7.99. The van der Waals surface area contributed by atoms with Crippen LogP contribution in [-0.2, 0) is 0 Å². The maximum atomic E-state index is 8.72. The lowest BCUT2D eigenvalue weighted by Gasteiger charge is -1.95. The molecule has 0 aliphatic rings. The number of hydrogen-bond donors (Lipinski definition) is 1. The molecule has 0 spiro atoms. The van der Waals surface area contributed by atoms with Gasteiger partial charge in [0.05, 0.1) is 6.61 Å². The van der Waals surface area contributed by atoms with Gasteiger partial charge in [-0.15, -0.1) is 23.1 Å². The maximum absolute atomic E-state index is 8.72. The van der Waals surface area contributed by atoms with E-state index in [1.54, 1.807) is 23.1 Å². The van der Waals surface area contributed by atoms with Crippen LogP contribution >= 0.6 is 23.1 Å². The Kier molecular flexibility index (Phi) is 2.88. The molecule has 0 aliphatic heterocycles. The summed E-state index contributed by atoms with van der Waals surface area (Å²) in [7, 11) is 0. The number of benzene rings is 1. The first kappa shape index (κ1) is 9.06. The van der Waals surface area contributed by atoms with Crippen LogP contribution in [0.4, 0.5) is 0 Å². The molecule has 1 N–H and O–H groups in total. The smallest absolute Gasteiger partial charge is 0.0525 e. The normalized spacial score (nSPS) is 10.8. The summed E-state index contributed by atoms with van der Waals surface area (Å²) in [5.74, 6) is 0.778. The number of thioether (sulfide) groups is 1. The number of hydrogen-bond acceptors (Lipinski definition) is 3. The largest absolute Gasteiger partial charge is 0.396 e. The van der Waals surface area contributed by atoms with Crippen molar-refractivity contribution in [3.05, 3.63) is 29.6 Å². The van der Waals surface area contributed by atoms with Gasteiger partial charge in [-0.25, -0.2) is 0 Å². The summed E-state index contributed by atoms with van der Waals surface area (Å²) in [5.41, 5.74) is 0. The highest BCUT2D eigenvalue weighted by Gasteiger charge is 2.02. The van der Waals surface area contributed by atoms with Gasteiger partial charge in [-0.1, -0.05) is 18.2 Å². The second-order valence-electron chi connectivity index (χ2n) is 2.67. The van der Waals surface area contributed by atoms with E-state index in [1.165, 1.54) is 15.0 Å². The number of fused-ring (bicyclic) bond motifs is 1. The molecule has 2 aromatic rings. The van der Waals surface area contributed by atoms with Gasteiger partial charge in [0.25, 0.3) is 0 Å². The van der Waals surface area contributed by atoms with Crippen LogP contribution in [-0.4, -0.2) is 17.5 Å². The molecule has 0 atom stereocenters. The van der Waals surface area contributed by atoms with Crippen molar-refractivity contribution in [1.82, 2.24) is 0 Å². The number of aliphatic hydroxyl groups excluding tert-OH is 1. The third kappa shape index (κ3) is 1.88. The zero-order chi connectivity index (χ0) is 9.10. The van der Waals surface area contributed by atoms with E-state index in [0.717, 1.165) is 5.75 Å². The van der Waals surface area contributed by atoms with Gasteiger partial charge >= 0.3 is 0 Å². The van der Waals surface area contributed by atoms with Crippen LogP contribution < -0.4 is 0 Å². The van der Waals surface area contributed by atoms with Crippen LogP contribution in [0.25, 0.3) is 10.1 Å². The fraction of sp³-hybridized carbons (Fsp3) is 0.200. The third-order valence-electron chi connectivity index (χ3n) is 1.79. The fourth-order valence-electron chi connectivity index (χ4n) is 1.22. The zero-order valence-corrected chi connectivity index (χ0v) is 8.70. The van der Waals surface area contributed by atoms with Crippen molar-refractivity contribution < 1.29 is 5.11 Å². The van der Waals surface area contributed by atoms with Crippen LogP contribution in [0.3, 0.4) is 0 Å². The maximum Gasteiger partial charge on any atom is 0.0525 e. The first-order valence-electron chi connectivity index (χ1n) is 4.11. The molecule has 2 rings (SSSR count). The molecule has 1 heterocycles. The summed E-state index contributed by atoms with van der Waals surface area (Å²) in [6.45, 7) is 0.245. The Bertz CT molecular complexity index is 394. The predicted octanol–water partition coefficient (Wildman–Crippen LogP) is 2.99. The molecule has 0 amide bonds. The average molecular weight is 210 g/mol. The highest BCUT2D eigenvalue weighted by Crippen LogP contribution is 2.32. The van der Waals surface area contributed by atoms with Gasteiger partial charge in [0.15, 0.2) is 0 Å². The first-order valence-corrected chi connectivity index (χ1v) is 5.98. The van der Waals surface area contributed by atoms with Gasteiger partial charge < -0.3 is 5.11 Å². The Hall–Kier alpha value is -0.510. The van der Waals surface area contributed by atoms with E-state index in [1.807, 2.05) is 0 Å². The quantitative estimate of drug-likeness (QED) is 0.786. The molecule has 1 aromatic heterocycles. The predicted molar refractivity (Wildman–Crippen MR) is 59.6 cm³/mol. The Morgan fingerprint density at radius 1 is 1.31 bits per heavy atom. The molecule has 0 aliphatic carbocycles. The lowest BCUT2D eigenvalue weighted by Crippen LogP contribution is -1.83. The van der Waals surface area contributed by atoms with Crippen LogP contribution in [0.5, 0.6) is 0 Å². The highest BCUT2D eigenvalue weighted by atomic mass is 32.2. The molecule has 1 nitrogen and oxygen atoms in total. The van der Waals surface area contributed by atoms with Crippen molar-refractivity contribution in [3.8, 4) is 0 Å². The minimum atomic E-state index is 0.245. The van der Waals surface area contributed by atoms with Crippen molar-refractivity contribution in [2.75, 3.05) is 12.4 Å². The molecule has 0 unspecified atom stereocenters. The third-order valence-corrected chi connectivity index (χ3v) is 3.94. The zero-order valence-electron chi connectivity index (χ0n) is 7.06. The Morgan fingerprint density at radius 3 is 3.00 bits per heavy atom. The van der Waals surface area contributed by atoms with Crippen molar-refractivity contribution in [2.45, 2.75) is 4.90 Å². The Morgan fingerprint density at radius 2 is 2.15 bits per heavy atom. The summed E-state index contributed by atoms with van der Waals surface area (Å²) in [4.78, 5) is 1.29. The number of thiophene rings is 1. The minimum absolute atomic E-state index is 0.245. The van der Waals surface area contributed by atoms with E-state index in [-0.39, 0.29) is 6.61 Å². The lowest BCUT2D eigenvalue weighted by atomic mass is 10.3. The van der Waals surface area contributed by atoms with E-state index in [9.17, 15) is 0 Å². The van der Waals surface area contributed by atoms with E-state index < -0.39 is 0 Å². The van der Waals surface area contributed by atoms with E-state index in [0.29, 0.717) is 0 Å². The summed E-state index contributed by atoms with van der Waals surface area (Å²) in [6.07, 6.45) is 0. The summed E-state index contributed by atoms with van der Waals surface area (Å²) in [5, 5.41) is 12.2. The SMILES string of the molecule is OCCSc1csc2ccccc12. The summed E-state index contributed by atoms with van der Waals surface area (Å²) < 4.78 is 1.32. The van der Waals surface area contributed by atoms with Crippen molar-refractivity contribution in [2.24, 2.45) is 0 Å². The second-order valence-corrected chi connectivity index (χ2v) is 4.72. The van der Waals surface area contributed by atoms with Crippen molar-refractivity contribution >= 4 is 33.2 Å². The van der Waals surface area contributed by atoms with Gasteiger partial charge in [-0.3, -0.25) is 0 Å². The molecule has 0 bridgehead atoms. The van der Waals surface area contributed by atoms with Crippen LogP contribution in [0.15, 0.2) is 34.5 Å². The molecule has 13 heavy (non-hydrogen) atoms. The number of rotatable bonds is 3. The molecule has 0 fully saturated rings. The van der Waals surface area contributed by atoms with Crippen molar-refractivity contribution in [1.29, 1.82) is 0 Å². The molecule has 0 saturated heterocycles. The fourth-order valence-corrected chi connectivity index (χ4v) is 3.17. The topological polar surface area (TPSA) is 20.2 Å². The van der Waals surface area contributed by atoms with Gasteiger partial charge in [-0.2, -0.15) is 0 Å². The van der Waals surface area contributed by atoms with E-state index >= 15 is 0 Å². The molecular formula is C10H10OS2. The van der Waals surface area contributed by atoms with Crippen molar-refractivity contribution in [3.63, 3.8) is 0 Å². The molecule has 0 saturated carbocycles. The monoisotopic (exact) mass is 210 g/mol. The van der Waals surface area contributed by atoms with Gasteiger partial charge in [0, 0.05) is 26.1 Å². The van der Waals surface area contributed by atoms with E-state index in [4.69, 9.17) is 5.11 Å². The summed E-state index contributed by atoms with van der Waals surface area (Å²) in [6, 6.07) is 8.37. The van der Waals surface area contributed by atoms with Crippen LogP contribution in [0.2, 0.25) is 0 Å². The second kappa shape index (κ2) is 4.13. The number of aliphatic hydroxyl groups is 1. The van der Waals surface area contributed by atoms with Crippen LogP contribution in [0.1, 0.15) is 0 Å². The van der Waals surface area contributed by atoms with Gasteiger partial charge in [0.2, 0.25) is 0 Å². The Balaban J connectivity index is 2.35. The lowest BCUT2D eigenvalue weighted by molar-refractivity contribution is 0.322. The standard InChI is InChI=1S/C10H10OS2/c11-5-6-12-10-7-13-9-4-2-1-3-8(9)10/h1-4,7,11H,5-6H2. The molecule has 0 radical (unpaired) electrons. The molecule has 3 heteroatoms. The summed E-state index contributed by atoms with van der Waals surface area (Å²) >= 11 is 3.48.